The van der Waals surface area contributed by atoms with Gasteiger partial charge in [-0.15, -0.1) is 5.10 Å². The number of pyridine rings is 1. The van der Waals surface area contributed by atoms with Crippen LogP contribution >= 0.6 is 0 Å². The molecule has 0 atom stereocenters. The zero-order chi connectivity index (χ0) is 9.68. The molecule has 2 aromatic heterocycles. The molecule has 4 nitrogen and oxygen atoms in total. The fraction of sp³-hybridized carbons (Fsp3) is 0.444. The smallest absolute Gasteiger partial charge is 0.201 e. The average molecular weight is 178 g/mol. The predicted molar refractivity (Wildman–Crippen MR) is 52.4 cm³/mol. The highest BCUT2D eigenvalue weighted by molar-refractivity contribution is 5.68. The molecule has 0 aliphatic heterocycles. The Morgan fingerprint density at radius 2 is 2.00 bits per heavy atom. The number of aryl methyl sites for hydroxylation is 1. The molecule has 2 aromatic rings. The van der Waals surface area contributed by atoms with Gasteiger partial charge in [0.25, 0.3) is 0 Å². The number of nitrogens with zero attached hydrogens (tertiary/aromatic N) is 3. The second-order valence-corrected chi connectivity index (χ2v) is 2.32. The summed E-state index contributed by atoms with van der Waals surface area (Å²) >= 11 is 0. The molecule has 0 amide bonds. The quantitative estimate of drug-likeness (QED) is 0.726. The summed E-state index contributed by atoms with van der Waals surface area (Å²) in [5.41, 5.74) is 2.57. The number of fused-ring (bicyclic) bond motifs is 1. The third-order valence-corrected chi connectivity index (χ3v) is 1.60. The summed E-state index contributed by atoms with van der Waals surface area (Å²) in [7, 11) is 0. The van der Waals surface area contributed by atoms with Crippen LogP contribution in [0.2, 0.25) is 0 Å². The van der Waals surface area contributed by atoms with Crippen LogP contribution in [0.15, 0.2) is 12.1 Å². The van der Waals surface area contributed by atoms with Crippen molar-refractivity contribution in [2.24, 2.45) is 0 Å². The molecule has 0 bridgehead atoms. The van der Waals surface area contributed by atoms with Crippen LogP contribution in [0.1, 0.15) is 26.5 Å². The highest BCUT2D eigenvalue weighted by Crippen LogP contribution is 2.05. The molecule has 2 rings (SSSR count). The van der Waals surface area contributed by atoms with E-state index in [4.69, 9.17) is 0 Å². The zero-order valence-electron chi connectivity index (χ0n) is 8.20. The van der Waals surface area contributed by atoms with E-state index in [-0.39, 0.29) is 0 Å². The van der Waals surface area contributed by atoms with E-state index in [1.54, 1.807) is 0 Å². The first kappa shape index (κ1) is 9.64. The van der Waals surface area contributed by atoms with Gasteiger partial charge in [0.2, 0.25) is 5.65 Å². The number of rotatable bonds is 1. The lowest BCUT2D eigenvalue weighted by Crippen LogP contribution is -1.86. The minimum Gasteiger partial charge on any atom is -0.230 e. The Morgan fingerprint density at radius 3 is 2.69 bits per heavy atom. The lowest BCUT2D eigenvalue weighted by molar-refractivity contribution is 0.950. The Balaban J connectivity index is 0.000000396. The van der Waals surface area contributed by atoms with E-state index in [0.29, 0.717) is 5.65 Å². The van der Waals surface area contributed by atoms with Crippen molar-refractivity contribution in [2.45, 2.75) is 27.2 Å². The average Bonchev–Trinajstić information content (AvgIpc) is 2.67. The van der Waals surface area contributed by atoms with Crippen LogP contribution in [0, 0.1) is 0 Å². The van der Waals surface area contributed by atoms with Crippen LogP contribution < -0.4 is 0 Å². The molecule has 13 heavy (non-hydrogen) atoms. The van der Waals surface area contributed by atoms with Gasteiger partial charge in [-0.25, -0.2) is 4.98 Å². The van der Waals surface area contributed by atoms with Gasteiger partial charge >= 0.3 is 0 Å². The summed E-state index contributed by atoms with van der Waals surface area (Å²) in [4.78, 5) is 4.25. The lowest BCUT2D eigenvalue weighted by atomic mass is 10.3. The fourth-order valence-corrected chi connectivity index (χ4v) is 0.973. The van der Waals surface area contributed by atoms with Crippen LogP contribution in [0.5, 0.6) is 0 Å². The molecule has 0 fully saturated rings. The highest BCUT2D eigenvalue weighted by atomic mass is 15.3. The van der Waals surface area contributed by atoms with Crippen LogP contribution in [0.25, 0.3) is 11.2 Å². The predicted octanol–water partition coefficient (Wildman–Crippen LogP) is 1.94. The Hall–Kier alpha value is -1.45. The van der Waals surface area contributed by atoms with Crippen LogP contribution in [-0.4, -0.2) is 20.4 Å². The van der Waals surface area contributed by atoms with E-state index in [0.717, 1.165) is 17.6 Å². The summed E-state index contributed by atoms with van der Waals surface area (Å²) in [6.07, 6.45) is 0.933. The van der Waals surface area contributed by atoms with Gasteiger partial charge in [0, 0.05) is 5.69 Å². The molecular weight excluding hydrogens is 164 g/mol. The number of H-pyrrole nitrogens is 1. The van der Waals surface area contributed by atoms with Crippen molar-refractivity contribution in [3.8, 4) is 0 Å². The molecule has 0 saturated carbocycles. The first-order valence-corrected chi connectivity index (χ1v) is 4.56. The Morgan fingerprint density at radius 1 is 1.23 bits per heavy atom. The van der Waals surface area contributed by atoms with Gasteiger partial charge in [0.15, 0.2) is 0 Å². The molecule has 0 radical (unpaired) electrons. The molecule has 0 aliphatic rings. The second-order valence-electron chi connectivity index (χ2n) is 2.32. The number of nitrogens with one attached hydrogen (secondary N) is 1. The Bertz CT molecular complexity index is 366. The van der Waals surface area contributed by atoms with Crippen molar-refractivity contribution in [1.82, 2.24) is 20.4 Å². The summed E-state index contributed by atoms with van der Waals surface area (Å²) in [6.45, 7) is 6.06. The SMILES string of the molecule is CC.CCc1ccc2n[nH]nc2n1. The Kier molecular flexibility index (Phi) is 3.37. The summed E-state index contributed by atoms with van der Waals surface area (Å²) in [5.74, 6) is 0. The molecular formula is C9H14N4. The molecule has 4 heteroatoms. The van der Waals surface area contributed by atoms with E-state index >= 15 is 0 Å². The van der Waals surface area contributed by atoms with Gasteiger partial charge in [-0.1, -0.05) is 20.8 Å². The number of hydrogen-bond acceptors (Lipinski definition) is 3. The van der Waals surface area contributed by atoms with Gasteiger partial charge in [0.05, 0.1) is 0 Å². The minimum atomic E-state index is 0.698. The largest absolute Gasteiger partial charge is 0.230 e. The maximum atomic E-state index is 4.25. The summed E-state index contributed by atoms with van der Waals surface area (Å²) in [5, 5.41) is 10.3. The third-order valence-electron chi connectivity index (χ3n) is 1.60. The van der Waals surface area contributed by atoms with Crippen LogP contribution in [0.4, 0.5) is 0 Å². The molecule has 0 aromatic carbocycles. The van der Waals surface area contributed by atoms with E-state index in [2.05, 4.69) is 27.3 Å². The fourth-order valence-electron chi connectivity index (χ4n) is 0.973. The minimum absolute atomic E-state index is 0.698. The van der Waals surface area contributed by atoms with Gasteiger partial charge in [-0.05, 0) is 18.6 Å². The molecule has 0 aliphatic carbocycles. The first-order chi connectivity index (χ1) is 6.40. The van der Waals surface area contributed by atoms with Crippen molar-refractivity contribution in [3.05, 3.63) is 17.8 Å². The van der Waals surface area contributed by atoms with Crippen LogP contribution in [0.3, 0.4) is 0 Å². The van der Waals surface area contributed by atoms with Crippen molar-refractivity contribution in [1.29, 1.82) is 0 Å². The van der Waals surface area contributed by atoms with E-state index < -0.39 is 0 Å². The second kappa shape index (κ2) is 4.54. The van der Waals surface area contributed by atoms with Crippen LogP contribution in [-0.2, 0) is 6.42 Å². The number of aromatic amines is 1. The first-order valence-electron chi connectivity index (χ1n) is 4.56. The standard InChI is InChI=1S/C7H8N4.C2H6/c1-2-5-3-4-6-7(8-5)10-11-9-6;1-2/h3-4H,2H2,1H3,(H,8,9,10,11);1-2H3. The van der Waals surface area contributed by atoms with Crippen molar-refractivity contribution in [3.63, 3.8) is 0 Å². The molecule has 1 N–H and O–H groups in total. The van der Waals surface area contributed by atoms with E-state index in [1.807, 2.05) is 26.0 Å². The van der Waals surface area contributed by atoms with Crippen molar-refractivity contribution < 1.29 is 0 Å². The molecule has 0 unspecified atom stereocenters. The Labute approximate surface area is 77.4 Å². The monoisotopic (exact) mass is 178 g/mol. The topological polar surface area (TPSA) is 54.5 Å². The van der Waals surface area contributed by atoms with Gasteiger partial charge < -0.3 is 0 Å². The lowest BCUT2D eigenvalue weighted by Gasteiger charge is -1.91. The normalized spacial score (nSPS) is 9.46. The number of aromatic nitrogens is 4. The van der Waals surface area contributed by atoms with E-state index in [1.165, 1.54) is 0 Å². The van der Waals surface area contributed by atoms with E-state index in [9.17, 15) is 0 Å². The maximum absolute atomic E-state index is 4.25. The molecule has 70 valence electrons. The van der Waals surface area contributed by atoms with Gasteiger partial charge in [-0.2, -0.15) is 10.3 Å². The van der Waals surface area contributed by atoms with Crippen molar-refractivity contribution in [2.75, 3.05) is 0 Å². The maximum Gasteiger partial charge on any atom is 0.201 e. The third kappa shape index (κ3) is 2.02. The van der Waals surface area contributed by atoms with Crippen molar-refractivity contribution >= 4 is 11.2 Å². The highest BCUT2D eigenvalue weighted by Gasteiger charge is 1.98. The molecule has 0 saturated heterocycles. The van der Waals surface area contributed by atoms with Gasteiger partial charge in [-0.3, -0.25) is 0 Å². The summed E-state index contributed by atoms with van der Waals surface area (Å²) in [6, 6.07) is 3.88. The molecule has 2 heterocycles. The zero-order valence-corrected chi connectivity index (χ0v) is 8.20. The number of hydrogen-bond donors (Lipinski definition) is 1. The van der Waals surface area contributed by atoms with Gasteiger partial charge in [0.1, 0.15) is 5.52 Å². The molecule has 0 spiro atoms. The summed E-state index contributed by atoms with van der Waals surface area (Å²) < 4.78 is 0.